The van der Waals surface area contributed by atoms with Gasteiger partial charge in [-0.1, -0.05) is 41.9 Å². The molecule has 1 aromatic heterocycles. The molecule has 8 heteroatoms. The van der Waals surface area contributed by atoms with Gasteiger partial charge in [-0.25, -0.2) is 4.98 Å². The minimum absolute atomic E-state index is 0.263. The number of nitrogens with zero attached hydrogens (tertiary/aromatic N) is 1. The van der Waals surface area contributed by atoms with E-state index in [0.717, 1.165) is 5.56 Å². The van der Waals surface area contributed by atoms with Crippen molar-refractivity contribution in [3.8, 4) is 17.0 Å². The van der Waals surface area contributed by atoms with Gasteiger partial charge in [-0.3, -0.25) is 9.59 Å². The Morgan fingerprint density at radius 2 is 2.00 bits per heavy atom. The predicted molar refractivity (Wildman–Crippen MR) is 114 cm³/mol. The molecule has 6 nitrogen and oxygen atoms in total. The summed E-state index contributed by atoms with van der Waals surface area (Å²) in [6.07, 6.45) is 0.0698. The number of aromatic nitrogens is 1. The first-order valence-corrected chi connectivity index (χ1v) is 10.1. The molecule has 0 aliphatic carbocycles. The molecular formula is C21H19ClN2O4S. The standard InChI is InChI=1S/C21H19ClN2O4S/c1-28-18-8-7-15(22)11-16(18)17-12-29-21(23-17)24-20(27)14(10-19(25)26)9-13-5-3-2-4-6-13/h2-8,11-12,14H,9-10H2,1H3,(H,25,26)(H,23,24,27)/t14-/m1/s1. The lowest BCUT2D eigenvalue weighted by Crippen LogP contribution is -2.27. The quantitative estimate of drug-likeness (QED) is 0.538. The zero-order valence-corrected chi connectivity index (χ0v) is 17.2. The van der Waals surface area contributed by atoms with Crippen LogP contribution in [0.1, 0.15) is 12.0 Å². The topological polar surface area (TPSA) is 88.5 Å². The van der Waals surface area contributed by atoms with Gasteiger partial charge in [-0.05, 0) is 30.2 Å². The van der Waals surface area contributed by atoms with Crippen molar-refractivity contribution < 1.29 is 19.4 Å². The summed E-state index contributed by atoms with van der Waals surface area (Å²) in [7, 11) is 1.56. The first-order chi connectivity index (χ1) is 14.0. The maximum Gasteiger partial charge on any atom is 0.304 e. The maximum absolute atomic E-state index is 12.7. The average molecular weight is 431 g/mol. The molecule has 0 saturated heterocycles. The lowest BCUT2D eigenvalue weighted by molar-refractivity contribution is -0.140. The Hall–Kier alpha value is -2.90. The summed E-state index contributed by atoms with van der Waals surface area (Å²) in [5.74, 6) is -1.49. The van der Waals surface area contributed by atoms with Crippen LogP contribution >= 0.6 is 22.9 Å². The highest BCUT2D eigenvalue weighted by atomic mass is 35.5. The number of methoxy groups -OCH3 is 1. The second-order valence-corrected chi connectivity index (χ2v) is 7.65. The van der Waals surface area contributed by atoms with Gasteiger partial charge in [-0.15, -0.1) is 11.3 Å². The molecule has 150 valence electrons. The van der Waals surface area contributed by atoms with Gasteiger partial charge < -0.3 is 15.2 Å². The van der Waals surface area contributed by atoms with Crippen molar-refractivity contribution in [3.05, 3.63) is 64.5 Å². The van der Waals surface area contributed by atoms with Crippen LogP contribution in [-0.2, 0) is 16.0 Å². The van der Waals surface area contributed by atoms with Crippen LogP contribution in [0.3, 0.4) is 0 Å². The number of amides is 1. The summed E-state index contributed by atoms with van der Waals surface area (Å²) >= 11 is 7.33. The minimum Gasteiger partial charge on any atom is -0.496 e. The second-order valence-electron chi connectivity index (χ2n) is 6.36. The van der Waals surface area contributed by atoms with E-state index in [2.05, 4.69) is 10.3 Å². The van der Waals surface area contributed by atoms with Gasteiger partial charge in [0.15, 0.2) is 5.13 Å². The van der Waals surface area contributed by atoms with Crippen LogP contribution in [0.2, 0.25) is 5.02 Å². The number of aliphatic carboxylic acids is 1. The van der Waals surface area contributed by atoms with Gasteiger partial charge in [0, 0.05) is 16.0 Å². The molecule has 2 N–H and O–H groups in total. The zero-order chi connectivity index (χ0) is 20.8. The third-order valence-corrected chi connectivity index (χ3v) is 5.28. The van der Waals surface area contributed by atoms with Crippen LogP contribution in [0.5, 0.6) is 5.75 Å². The number of ether oxygens (including phenoxy) is 1. The molecule has 3 rings (SSSR count). The van der Waals surface area contributed by atoms with Crippen LogP contribution in [-0.4, -0.2) is 29.1 Å². The minimum atomic E-state index is -1.02. The van der Waals surface area contributed by atoms with E-state index in [0.29, 0.717) is 33.6 Å². The number of hydrogen-bond acceptors (Lipinski definition) is 5. The maximum atomic E-state index is 12.7. The Bertz CT molecular complexity index is 1010. The van der Waals surface area contributed by atoms with E-state index in [-0.39, 0.29) is 12.3 Å². The van der Waals surface area contributed by atoms with Crippen molar-refractivity contribution in [3.63, 3.8) is 0 Å². The summed E-state index contributed by atoms with van der Waals surface area (Å²) < 4.78 is 5.35. The van der Waals surface area contributed by atoms with E-state index in [1.807, 2.05) is 30.3 Å². The molecule has 2 aromatic carbocycles. The molecule has 1 heterocycles. The molecule has 0 aliphatic heterocycles. The van der Waals surface area contributed by atoms with Crippen molar-refractivity contribution in [2.75, 3.05) is 12.4 Å². The number of halogens is 1. The summed E-state index contributed by atoms with van der Waals surface area (Å²) in [4.78, 5) is 28.4. The SMILES string of the molecule is COc1ccc(Cl)cc1-c1csc(NC(=O)[C@@H](CC(=O)O)Cc2ccccc2)n1. The number of carboxylic acids is 1. The Kier molecular flexibility index (Phi) is 6.85. The Morgan fingerprint density at radius 3 is 2.69 bits per heavy atom. The molecule has 0 spiro atoms. The van der Waals surface area contributed by atoms with Gasteiger partial charge in [0.2, 0.25) is 5.91 Å². The van der Waals surface area contributed by atoms with Crippen LogP contribution < -0.4 is 10.1 Å². The van der Waals surface area contributed by atoms with Crippen LogP contribution in [0.25, 0.3) is 11.3 Å². The number of nitrogens with one attached hydrogen (secondary N) is 1. The lowest BCUT2D eigenvalue weighted by Gasteiger charge is -2.14. The number of carbonyl (C=O) groups is 2. The van der Waals surface area contributed by atoms with E-state index in [1.165, 1.54) is 11.3 Å². The van der Waals surface area contributed by atoms with Crippen molar-refractivity contribution in [2.24, 2.45) is 5.92 Å². The van der Waals surface area contributed by atoms with Crippen LogP contribution in [0, 0.1) is 5.92 Å². The van der Waals surface area contributed by atoms with Crippen molar-refractivity contribution in [1.82, 2.24) is 4.98 Å². The third-order valence-electron chi connectivity index (χ3n) is 4.29. The molecule has 0 saturated carbocycles. The molecular weight excluding hydrogens is 412 g/mol. The summed E-state index contributed by atoms with van der Waals surface area (Å²) in [5, 5.41) is 14.6. The Morgan fingerprint density at radius 1 is 1.24 bits per heavy atom. The van der Waals surface area contributed by atoms with Crippen LogP contribution in [0.15, 0.2) is 53.9 Å². The number of carboxylic acid groups (broad SMARTS) is 1. The van der Waals surface area contributed by atoms with Crippen LogP contribution in [0.4, 0.5) is 5.13 Å². The van der Waals surface area contributed by atoms with Crippen molar-refractivity contribution in [1.29, 1.82) is 0 Å². The summed E-state index contributed by atoms with van der Waals surface area (Å²) in [5.41, 5.74) is 2.23. The molecule has 0 fully saturated rings. The average Bonchev–Trinajstić information content (AvgIpc) is 3.16. The van der Waals surface area contributed by atoms with Crippen molar-refractivity contribution >= 4 is 39.9 Å². The first kappa shape index (κ1) is 20.8. The van der Waals surface area contributed by atoms with Gasteiger partial charge in [0.05, 0.1) is 25.1 Å². The van der Waals surface area contributed by atoms with E-state index in [1.54, 1.807) is 30.7 Å². The fourth-order valence-corrected chi connectivity index (χ4v) is 3.80. The van der Waals surface area contributed by atoms with Crippen molar-refractivity contribution in [2.45, 2.75) is 12.8 Å². The van der Waals surface area contributed by atoms with Gasteiger partial charge in [0.1, 0.15) is 5.75 Å². The highest BCUT2D eigenvalue weighted by Gasteiger charge is 2.23. The van der Waals surface area contributed by atoms with Gasteiger partial charge in [-0.2, -0.15) is 0 Å². The van der Waals surface area contributed by atoms with E-state index < -0.39 is 11.9 Å². The lowest BCUT2D eigenvalue weighted by atomic mass is 9.95. The summed E-state index contributed by atoms with van der Waals surface area (Å²) in [6.45, 7) is 0. The molecule has 1 atom stereocenters. The normalized spacial score (nSPS) is 11.7. The monoisotopic (exact) mass is 430 g/mol. The first-order valence-electron chi connectivity index (χ1n) is 8.82. The number of thiazole rings is 1. The highest BCUT2D eigenvalue weighted by Crippen LogP contribution is 2.34. The molecule has 0 radical (unpaired) electrons. The fraction of sp³-hybridized carbons (Fsp3) is 0.190. The van der Waals surface area contributed by atoms with Gasteiger partial charge in [0.25, 0.3) is 0 Å². The molecule has 0 bridgehead atoms. The molecule has 1 amide bonds. The molecule has 0 aliphatic rings. The number of anilines is 1. The fourth-order valence-electron chi connectivity index (χ4n) is 2.91. The number of hydrogen-bond donors (Lipinski definition) is 2. The second kappa shape index (κ2) is 9.54. The van der Waals surface area contributed by atoms with E-state index in [4.69, 9.17) is 16.3 Å². The smallest absolute Gasteiger partial charge is 0.304 e. The Labute approximate surface area is 177 Å². The number of carbonyl (C=O) groups excluding carboxylic acids is 1. The third kappa shape index (κ3) is 5.56. The largest absolute Gasteiger partial charge is 0.496 e. The van der Waals surface area contributed by atoms with Gasteiger partial charge >= 0.3 is 5.97 Å². The highest BCUT2D eigenvalue weighted by molar-refractivity contribution is 7.14. The summed E-state index contributed by atoms with van der Waals surface area (Å²) in [6, 6.07) is 14.5. The number of rotatable bonds is 8. The number of benzene rings is 2. The van der Waals surface area contributed by atoms with E-state index in [9.17, 15) is 14.7 Å². The molecule has 3 aromatic rings. The Balaban J connectivity index is 1.77. The molecule has 29 heavy (non-hydrogen) atoms. The predicted octanol–water partition coefficient (Wildman–Crippen LogP) is 4.74. The zero-order valence-electron chi connectivity index (χ0n) is 15.6. The van der Waals surface area contributed by atoms with E-state index >= 15 is 0 Å². The molecule has 0 unspecified atom stereocenters.